The van der Waals surface area contributed by atoms with Crippen molar-refractivity contribution in [3.8, 4) is 0 Å². The van der Waals surface area contributed by atoms with Gasteiger partial charge in [0.1, 0.15) is 17.9 Å². The van der Waals surface area contributed by atoms with E-state index >= 15 is 0 Å². The molecule has 0 bridgehead atoms. The molecule has 11 heteroatoms. The number of ether oxygens (including phenoxy) is 5. The molecule has 1 aliphatic heterocycles. The summed E-state index contributed by atoms with van der Waals surface area (Å²) in [7, 11) is -2.85. The minimum Gasteiger partial charge on any atom is -0.459 e. The molecule has 1 aliphatic rings. The maximum atomic E-state index is 14.4. The van der Waals surface area contributed by atoms with Crippen LogP contribution in [-0.4, -0.2) is 61.4 Å². The second-order valence-corrected chi connectivity index (χ2v) is 11.6. The molecule has 1 saturated heterocycles. The van der Waals surface area contributed by atoms with Gasteiger partial charge < -0.3 is 28.2 Å². The lowest BCUT2D eigenvalue weighted by Crippen LogP contribution is -2.61. The van der Waals surface area contributed by atoms with Gasteiger partial charge in [0.2, 0.25) is 5.85 Å². The second kappa shape index (κ2) is 13.7. The van der Waals surface area contributed by atoms with Gasteiger partial charge in [0.05, 0.1) is 19.8 Å². The van der Waals surface area contributed by atoms with Crippen LogP contribution in [0.3, 0.4) is 0 Å². The van der Waals surface area contributed by atoms with Gasteiger partial charge in [0, 0.05) is 27.9 Å². The van der Waals surface area contributed by atoms with Crippen molar-refractivity contribution in [2.75, 3.05) is 13.7 Å². The molecule has 1 heterocycles. The standard InChI is InChI=1S/C27H33O10P/c1-18(28)35-24-23(17-33-15-21-11-7-5-8-12-21)38(31,32-4)27(37-20(3)30)26(36-19(2)29)25(24)34-16-22-13-9-6-10-14-22/h5-14,23-27H,15-17H2,1-4H3/t23-,24-,25+,26-,27+,38+/m1/s1. The number of benzene rings is 2. The molecule has 0 N–H and O–H groups in total. The Kier molecular flexibility index (Phi) is 10.6. The number of hydrogen-bond donors (Lipinski definition) is 0. The monoisotopic (exact) mass is 548 g/mol. The first-order valence-corrected chi connectivity index (χ1v) is 13.9. The minimum atomic E-state index is -4.05. The lowest BCUT2D eigenvalue weighted by molar-refractivity contribution is -0.196. The normalized spacial score (nSPS) is 26.8. The first-order chi connectivity index (χ1) is 18.2. The summed E-state index contributed by atoms with van der Waals surface area (Å²) in [5, 5.41) is 0. The van der Waals surface area contributed by atoms with Crippen LogP contribution in [0.4, 0.5) is 0 Å². The van der Waals surface area contributed by atoms with E-state index in [0.717, 1.165) is 25.0 Å². The van der Waals surface area contributed by atoms with Gasteiger partial charge in [-0.1, -0.05) is 60.7 Å². The molecule has 1 fully saturated rings. The quantitative estimate of drug-likeness (QED) is 0.232. The SMILES string of the molecule is CO[P@@]1(=O)[C@H](COCc2ccccc2)[C@@H](OC(C)=O)[C@H](OCc2ccccc2)[C@@H](OC(C)=O)[C@H]1OC(C)=O. The predicted octanol–water partition coefficient (Wildman–Crippen LogP) is 3.85. The van der Waals surface area contributed by atoms with Crippen molar-refractivity contribution in [1.29, 1.82) is 0 Å². The van der Waals surface area contributed by atoms with Crippen LogP contribution in [0.25, 0.3) is 0 Å². The molecule has 38 heavy (non-hydrogen) atoms. The van der Waals surface area contributed by atoms with E-state index in [9.17, 15) is 18.9 Å². The Morgan fingerprint density at radius 2 is 1.21 bits per heavy atom. The summed E-state index contributed by atoms with van der Waals surface area (Å²) in [5.74, 6) is -3.69. The molecule has 10 nitrogen and oxygen atoms in total. The first-order valence-electron chi connectivity index (χ1n) is 12.1. The highest BCUT2D eigenvalue weighted by Crippen LogP contribution is 2.63. The third-order valence-corrected chi connectivity index (χ3v) is 9.03. The maximum Gasteiger partial charge on any atom is 0.303 e. The zero-order valence-electron chi connectivity index (χ0n) is 21.8. The molecule has 0 radical (unpaired) electrons. The van der Waals surface area contributed by atoms with Crippen molar-refractivity contribution in [2.24, 2.45) is 0 Å². The van der Waals surface area contributed by atoms with Crippen molar-refractivity contribution in [2.45, 2.75) is 63.8 Å². The average Bonchev–Trinajstić information content (AvgIpc) is 2.88. The minimum absolute atomic E-state index is 0.0443. The van der Waals surface area contributed by atoms with E-state index in [1.54, 1.807) is 0 Å². The van der Waals surface area contributed by atoms with Crippen LogP contribution in [0.1, 0.15) is 31.9 Å². The Morgan fingerprint density at radius 3 is 1.71 bits per heavy atom. The van der Waals surface area contributed by atoms with Gasteiger partial charge in [0.15, 0.2) is 6.10 Å². The van der Waals surface area contributed by atoms with E-state index < -0.39 is 55.1 Å². The van der Waals surface area contributed by atoms with Crippen molar-refractivity contribution >= 4 is 25.3 Å². The molecule has 0 spiro atoms. The van der Waals surface area contributed by atoms with Gasteiger partial charge in [-0.3, -0.25) is 18.9 Å². The van der Waals surface area contributed by atoms with Crippen molar-refractivity contribution in [1.82, 2.24) is 0 Å². The number of rotatable bonds is 11. The van der Waals surface area contributed by atoms with Crippen LogP contribution in [0, 0.1) is 0 Å². The number of carbonyl (C=O) groups is 3. The zero-order chi connectivity index (χ0) is 27.7. The summed E-state index contributed by atoms with van der Waals surface area (Å²) in [6, 6.07) is 18.5. The summed E-state index contributed by atoms with van der Waals surface area (Å²) in [6.07, 6.45) is -3.76. The summed E-state index contributed by atoms with van der Waals surface area (Å²) in [4.78, 5) is 36.4. The van der Waals surface area contributed by atoms with Crippen LogP contribution < -0.4 is 0 Å². The zero-order valence-corrected chi connectivity index (χ0v) is 22.7. The molecule has 0 saturated carbocycles. The van der Waals surface area contributed by atoms with Gasteiger partial charge in [-0.15, -0.1) is 0 Å². The summed E-state index contributed by atoms with van der Waals surface area (Å²) < 4.78 is 48.6. The molecule has 2 aromatic rings. The van der Waals surface area contributed by atoms with Gasteiger partial charge >= 0.3 is 17.9 Å². The lowest BCUT2D eigenvalue weighted by Gasteiger charge is -2.47. The number of carbonyl (C=O) groups excluding carboxylic acids is 3. The molecule has 206 valence electrons. The molecule has 3 rings (SSSR count). The van der Waals surface area contributed by atoms with Crippen LogP contribution in [0.5, 0.6) is 0 Å². The lowest BCUT2D eigenvalue weighted by atomic mass is 10.0. The van der Waals surface area contributed by atoms with E-state index in [1.165, 1.54) is 14.0 Å². The van der Waals surface area contributed by atoms with Crippen molar-refractivity contribution in [3.05, 3.63) is 71.8 Å². The van der Waals surface area contributed by atoms with E-state index in [0.29, 0.717) is 0 Å². The predicted molar refractivity (Wildman–Crippen MR) is 136 cm³/mol. The molecule has 0 amide bonds. The average molecular weight is 549 g/mol. The van der Waals surface area contributed by atoms with Crippen molar-refractivity contribution < 1.29 is 47.2 Å². The van der Waals surface area contributed by atoms with E-state index in [-0.39, 0.29) is 19.8 Å². The number of hydrogen-bond acceptors (Lipinski definition) is 10. The third-order valence-electron chi connectivity index (χ3n) is 5.99. The van der Waals surface area contributed by atoms with Crippen LogP contribution in [0.2, 0.25) is 0 Å². The Hall–Kier alpha value is -3.04. The van der Waals surface area contributed by atoms with E-state index in [4.69, 9.17) is 28.2 Å². The van der Waals surface area contributed by atoms with Crippen LogP contribution in [-0.2, 0) is 60.4 Å². The topological polar surface area (TPSA) is 124 Å². The smallest absolute Gasteiger partial charge is 0.303 e. The van der Waals surface area contributed by atoms with Crippen molar-refractivity contribution in [3.63, 3.8) is 0 Å². The molecule has 0 unspecified atom stereocenters. The fourth-order valence-corrected chi connectivity index (χ4v) is 7.14. The molecular formula is C27H33O10P. The highest BCUT2D eigenvalue weighted by atomic mass is 31.2. The summed E-state index contributed by atoms with van der Waals surface area (Å²) in [5.41, 5.74) is 0.555. The fraction of sp³-hybridized carbons (Fsp3) is 0.444. The highest BCUT2D eigenvalue weighted by molar-refractivity contribution is 7.60. The van der Waals surface area contributed by atoms with E-state index in [1.807, 2.05) is 60.7 Å². The molecular weight excluding hydrogens is 515 g/mol. The second-order valence-electron chi connectivity index (χ2n) is 8.81. The van der Waals surface area contributed by atoms with E-state index in [2.05, 4.69) is 0 Å². The first kappa shape index (κ1) is 29.5. The Balaban J connectivity index is 2.03. The highest BCUT2D eigenvalue weighted by Gasteiger charge is 2.63. The van der Waals surface area contributed by atoms with Gasteiger partial charge in [0.25, 0.3) is 7.37 Å². The van der Waals surface area contributed by atoms with Crippen LogP contribution >= 0.6 is 7.37 Å². The molecule has 0 aromatic heterocycles. The van der Waals surface area contributed by atoms with Gasteiger partial charge in [-0.25, -0.2) is 0 Å². The maximum absolute atomic E-state index is 14.4. The third kappa shape index (κ3) is 7.51. The number of esters is 3. The Labute approximate surface area is 221 Å². The fourth-order valence-electron chi connectivity index (χ4n) is 4.40. The Morgan fingerprint density at radius 1 is 0.711 bits per heavy atom. The molecule has 6 atom stereocenters. The van der Waals surface area contributed by atoms with Gasteiger partial charge in [-0.05, 0) is 11.1 Å². The largest absolute Gasteiger partial charge is 0.459 e. The molecule has 0 aliphatic carbocycles. The molecule has 2 aromatic carbocycles. The summed E-state index contributed by atoms with van der Waals surface area (Å²) in [6.45, 7) is 3.54. The van der Waals surface area contributed by atoms with Crippen LogP contribution in [0.15, 0.2) is 60.7 Å². The van der Waals surface area contributed by atoms with Gasteiger partial charge in [-0.2, -0.15) is 0 Å². The Bertz CT molecular complexity index is 1120. The summed E-state index contributed by atoms with van der Waals surface area (Å²) >= 11 is 0.